The largest absolute Gasteiger partial charge is 0.343 e. The number of aryl methyl sites for hydroxylation is 1. The summed E-state index contributed by atoms with van der Waals surface area (Å²) in [7, 11) is 0. The highest BCUT2D eigenvalue weighted by Crippen LogP contribution is 2.19. The van der Waals surface area contributed by atoms with E-state index in [0.717, 1.165) is 52.0 Å². The smallest absolute Gasteiger partial charge is 0.317 e. The number of aromatic nitrogens is 3. The lowest BCUT2D eigenvalue weighted by Gasteiger charge is -2.36. The van der Waals surface area contributed by atoms with Gasteiger partial charge in [-0.25, -0.2) is 9.78 Å². The van der Waals surface area contributed by atoms with E-state index in [4.69, 9.17) is 0 Å². The Hall–Kier alpha value is -2.12. The van der Waals surface area contributed by atoms with Gasteiger partial charge in [0.1, 0.15) is 12.7 Å². The SMILES string of the molecule is O=C(CCCn1cncn1)N1CCC(N2CCNC2=O)CC1. The summed E-state index contributed by atoms with van der Waals surface area (Å²) in [5.74, 6) is 0.199. The van der Waals surface area contributed by atoms with Crippen LogP contribution in [0, 0.1) is 0 Å². The van der Waals surface area contributed by atoms with E-state index in [1.165, 1.54) is 6.33 Å². The van der Waals surface area contributed by atoms with Crippen molar-refractivity contribution in [1.82, 2.24) is 29.9 Å². The molecular weight excluding hydrogens is 284 g/mol. The number of rotatable bonds is 5. The second-order valence-corrected chi connectivity index (χ2v) is 5.80. The van der Waals surface area contributed by atoms with E-state index in [2.05, 4.69) is 15.4 Å². The molecule has 0 radical (unpaired) electrons. The molecule has 2 aliphatic heterocycles. The summed E-state index contributed by atoms with van der Waals surface area (Å²) in [5, 5.41) is 6.86. The molecule has 3 heterocycles. The van der Waals surface area contributed by atoms with Crippen molar-refractivity contribution in [2.24, 2.45) is 0 Å². The quantitative estimate of drug-likeness (QED) is 0.835. The summed E-state index contributed by atoms with van der Waals surface area (Å²) < 4.78 is 1.74. The van der Waals surface area contributed by atoms with Crippen LogP contribution in [0.4, 0.5) is 4.79 Å². The molecule has 1 aromatic rings. The average molecular weight is 306 g/mol. The molecule has 2 aliphatic rings. The maximum atomic E-state index is 12.2. The monoisotopic (exact) mass is 306 g/mol. The molecule has 0 bridgehead atoms. The molecule has 0 unspecified atom stereocenters. The molecule has 0 aromatic carbocycles. The maximum absolute atomic E-state index is 12.2. The van der Waals surface area contributed by atoms with Crippen LogP contribution in [-0.4, -0.2) is 68.7 Å². The first-order valence-electron chi connectivity index (χ1n) is 7.88. The van der Waals surface area contributed by atoms with Gasteiger partial charge in [-0.3, -0.25) is 9.48 Å². The van der Waals surface area contributed by atoms with Gasteiger partial charge >= 0.3 is 6.03 Å². The minimum absolute atomic E-state index is 0.0395. The molecule has 0 saturated carbocycles. The molecule has 0 spiro atoms. The van der Waals surface area contributed by atoms with Gasteiger partial charge in [-0.15, -0.1) is 0 Å². The van der Waals surface area contributed by atoms with Crippen LogP contribution in [0.15, 0.2) is 12.7 Å². The van der Waals surface area contributed by atoms with E-state index < -0.39 is 0 Å². The van der Waals surface area contributed by atoms with Crippen LogP contribution in [0.25, 0.3) is 0 Å². The maximum Gasteiger partial charge on any atom is 0.317 e. The third kappa shape index (κ3) is 3.37. The molecule has 8 heteroatoms. The molecule has 0 aliphatic carbocycles. The average Bonchev–Trinajstić information content (AvgIpc) is 3.19. The van der Waals surface area contributed by atoms with Gasteiger partial charge < -0.3 is 15.1 Å². The predicted octanol–water partition coefficient (Wildman–Crippen LogP) is 0.0745. The van der Waals surface area contributed by atoms with Crippen molar-refractivity contribution in [3.8, 4) is 0 Å². The second kappa shape index (κ2) is 6.76. The number of nitrogens with one attached hydrogen (secondary N) is 1. The van der Waals surface area contributed by atoms with Crippen molar-refractivity contribution in [3.63, 3.8) is 0 Å². The first-order chi connectivity index (χ1) is 10.7. The van der Waals surface area contributed by atoms with Crippen LogP contribution >= 0.6 is 0 Å². The van der Waals surface area contributed by atoms with Crippen molar-refractivity contribution in [3.05, 3.63) is 12.7 Å². The zero-order chi connectivity index (χ0) is 15.4. The number of hydrogen-bond acceptors (Lipinski definition) is 4. The van der Waals surface area contributed by atoms with Crippen molar-refractivity contribution in [2.75, 3.05) is 26.2 Å². The van der Waals surface area contributed by atoms with Gasteiger partial charge in [-0.1, -0.05) is 0 Å². The van der Waals surface area contributed by atoms with E-state index in [1.807, 2.05) is 9.80 Å². The molecule has 0 atom stereocenters. The highest BCUT2D eigenvalue weighted by molar-refractivity contribution is 5.77. The normalized spacial score (nSPS) is 19.5. The highest BCUT2D eigenvalue weighted by atomic mass is 16.2. The van der Waals surface area contributed by atoms with Gasteiger partial charge in [-0.05, 0) is 19.3 Å². The van der Waals surface area contributed by atoms with Gasteiger partial charge in [0, 0.05) is 45.2 Å². The first kappa shape index (κ1) is 14.8. The van der Waals surface area contributed by atoms with Crippen molar-refractivity contribution < 1.29 is 9.59 Å². The van der Waals surface area contributed by atoms with E-state index in [0.29, 0.717) is 6.42 Å². The molecular formula is C14H22N6O2. The van der Waals surface area contributed by atoms with Crippen LogP contribution in [0.2, 0.25) is 0 Å². The number of nitrogens with zero attached hydrogens (tertiary/aromatic N) is 5. The molecule has 8 nitrogen and oxygen atoms in total. The lowest BCUT2D eigenvalue weighted by molar-refractivity contribution is -0.132. The standard InChI is InChI=1S/C14H22N6O2/c21-13(2-1-6-19-11-15-10-17-19)18-7-3-12(4-8-18)20-9-5-16-14(20)22/h10-12H,1-9H2,(H,16,22). The lowest BCUT2D eigenvalue weighted by atomic mass is 10.0. The third-order valence-corrected chi connectivity index (χ3v) is 4.39. The summed E-state index contributed by atoms with van der Waals surface area (Å²) in [5.41, 5.74) is 0. The summed E-state index contributed by atoms with van der Waals surface area (Å²) in [6.45, 7) is 3.74. The zero-order valence-electron chi connectivity index (χ0n) is 12.6. The molecule has 120 valence electrons. The number of hydrogen-bond donors (Lipinski definition) is 1. The summed E-state index contributed by atoms with van der Waals surface area (Å²) in [4.78, 5) is 31.6. The summed E-state index contributed by atoms with van der Waals surface area (Å²) >= 11 is 0. The number of urea groups is 1. The van der Waals surface area contributed by atoms with Gasteiger partial charge in [0.05, 0.1) is 0 Å². The number of piperidine rings is 1. The molecule has 3 rings (SSSR count). The lowest BCUT2D eigenvalue weighted by Crippen LogP contribution is -2.47. The van der Waals surface area contributed by atoms with Crippen molar-refractivity contribution in [1.29, 1.82) is 0 Å². The molecule has 1 N–H and O–H groups in total. The Kier molecular flexibility index (Phi) is 4.55. The minimum Gasteiger partial charge on any atom is -0.343 e. The number of likely N-dealkylation sites (tertiary alicyclic amines) is 1. The number of carbonyl (C=O) groups is 2. The predicted molar refractivity (Wildman–Crippen MR) is 79.0 cm³/mol. The first-order valence-corrected chi connectivity index (χ1v) is 7.88. The zero-order valence-corrected chi connectivity index (χ0v) is 12.6. The number of amides is 3. The van der Waals surface area contributed by atoms with Crippen molar-refractivity contribution in [2.45, 2.75) is 38.3 Å². The van der Waals surface area contributed by atoms with Gasteiger partial charge in [0.15, 0.2) is 0 Å². The van der Waals surface area contributed by atoms with E-state index in [1.54, 1.807) is 11.0 Å². The van der Waals surface area contributed by atoms with E-state index in [9.17, 15) is 9.59 Å². The van der Waals surface area contributed by atoms with Crippen LogP contribution in [0.1, 0.15) is 25.7 Å². The Morgan fingerprint density at radius 3 is 2.77 bits per heavy atom. The van der Waals surface area contributed by atoms with Crippen LogP contribution < -0.4 is 5.32 Å². The number of carbonyl (C=O) groups excluding carboxylic acids is 2. The van der Waals surface area contributed by atoms with Crippen LogP contribution in [0.3, 0.4) is 0 Å². The topological polar surface area (TPSA) is 83.4 Å². The molecule has 2 fully saturated rings. The van der Waals surface area contributed by atoms with Crippen molar-refractivity contribution >= 4 is 11.9 Å². The highest BCUT2D eigenvalue weighted by Gasteiger charge is 2.31. The van der Waals surface area contributed by atoms with Crippen LogP contribution in [-0.2, 0) is 11.3 Å². The van der Waals surface area contributed by atoms with Gasteiger partial charge in [0.2, 0.25) is 5.91 Å². The van der Waals surface area contributed by atoms with E-state index >= 15 is 0 Å². The summed E-state index contributed by atoms with van der Waals surface area (Å²) in [6, 6.07) is 0.319. The Balaban J connectivity index is 1.39. The third-order valence-electron chi connectivity index (χ3n) is 4.39. The molecule has 1 aromatic heterocycles. The Labute approximate surface area is 129 Å². The Morgan fingerprint density at radius 2 is 2.14 bits per heavy atom. The fourth-order valence-electron chi connectivity index (χ4n) is 3.16. The molecule has 2 saturated heterocycles. The van der Waals surface area contributed by atoms with Gasteiger partial charge in [-0.2, -0.15) is 5.10 Å². The van der Waals surface area contributed by atoms with E-state index in [-0.39, 0.29) is 18.0 Å². The van der Waals surface area contributed by atoms with Gasteiger partial charge in [0.25, 0.3) is 0 Å². The summed E-state index contributed by atoms with van der Waals surface area (Å²) in [6.07, 6.45) is 6.23. The minimum atomic E-state index is 0.0395. The molecule has 22 heavy (non-hydrogen) atoms. The Morgan fingerprint density at radius 1 is 1.32 bits per heavy atom. The van der Waals surface area contributed by atoms with Crippen LogP contribution in [0.5, 0.6) is 0 Å². The fraction of sp³-hybridized carbons (Fsp3) is 0.714. The second-order valence-electron chi connectivity index (χ2n) is 5.80. The fourth-order valence-corrected chi connectivity index (χ4v) is 3.16. The Bertz CT molecular complexity index is 509. The molecule has 3 amide bonds.